The van der Waals surface area contributed by atoms with E-state index in [9.17, 15) is 8.42 Å². The fraction of sp³-hybridized carbons (Fsp3) is 1.00. The molecule has 0 rings (SSSR count). The highest BCUT2D eigenvalue weighted by Gasteiger charge is 2.23. The molecule has 1 unspecified atom stereocenters. The molecule has 1 N–H and O–H groups in total. The Hall–Kier alpha value is -0.0900. The molecular weight excluding hydrogens is 222 g/mol. The van der Waals surface area contributed by atoms with Crippen molar-refractivity contribution in [3.05, 3.63) is 0 Å². The van der Waals surface area contributed by atoms with Crippen LogP contribution in [0.3, 0.4) is 0 Å². The molecule has 1 atom stereocenters. The third-order valence-corrected chi connectivity index (χ3v) is 5.33. The summed E-state index contributed by atoms with van der Waals surface area (Å²) in [6.07, 6.45) is 1.65. The van der Waals surface area contributed by atoms with Crippen molar-refractivity contribution in [2.75, 3.05) is 12.8 Å². The van der Waals surface area contributed by atoms with Gasteiger partial charge in [0.15, 0.2) is 9.84 Å². The highest BCUT2D eigenvalue weighted by atomic mass is 32.2. The van der Waals surface area contributed by atoms with Gasteiger partial charge in [-0.3, -0.25) is 0 Å². The first-order valence-electron chi connectivity index (χ1n) is 6.00. The van der Waals surface area contributed by atoms with E-state index in [2.05, 4.69) is 26.1 Å². The fourth-order valence-corrected chi connectivity index (χ4v) is 2.78. The second-order valence-electron chi connectivity index (χ2n) is 5.77. The molecule has 16 heavy (non-hydrogen) atoms. The van der Waals surface area contributed by atoms with Crippen LogP contribution in [-0.4, -0.2) is 32.5 Å². The Morgan fingerprint density at radius 1 is 1.19 bits per heavy atom. The molecule has 0 saturated carbocycles. The maximum Gasteiger partial charge on any atom is 0.152 e. The molecule has 0 heterocycles. The maximum absolute atomic E-state index is 11.6. The summed E-state index contributed by atoms with van der Waals surface area (Å²) >= 11 is 0. The van der Waals surface area contributed by atoms with Gasteiger partial charge in [-0.25, -0.2) is 8.42 Å². The van der Waals surface area contributed by atoms with Crippen molar-refractivity contribution in [2.45, 2.75) is 58.8 Å². The van der Waals surface area contributed by atoms with Crippen molar-refractivity contribution >= 4 is 9.84 Å². The van der Waals surface area contributed by atoms with Gasteiger partial charge in [-0.2, -0.15) is 0 Å². The van der Waals surface area contributed by atoms with Crippen LogP contribution in [0.2, 0.25) is 0 Å². The van der Waals surface area contributed by atoms with Crippen molar-refractivity contribution in [2.24, 2.45) is 5.41 Å². The quantitative estimate of drug-likeness (QED) is 0.785. The molecule has 0 aliphatic rings. The highest BCUT2D eigenvalue weighted by molar-refractivity contribution is 7.91. The van der Waals surface area contributed by atoms with Gasteiger partial charge < -0.3 is 5.32 Å². The zero-order valence-corrected chi connectivity index (χ0v) is 12.3. The van der Waals surface area contributed by atoms with Crippen LogP contribution in [0.5, 0.6) is 0 Å². The van der Waals surface area contributed by atoms with Gasteiger partial charge in [0, 0.05) is 6.04 Å². The molecule has 0 bridgehead atoms. The minimum atomic E-state index is -2.88. The van der Waals surface area contributed by atoms with Crippen LogP contribution in [-0.2, 0) is 9.84 Å². The van der Waals surface area contributed by atoms with Crippen molar-refractivity contribution in [1.29, 1.82) is 0 Å². The Morgan fingerprint density at radius 3 is 2.00 bits per heavy atom. The summed E-state index contributed by atoms with van der Waals surface area (Å²) in [5, 5.41) is 3.01. The summed E-state index contributed by atoms with van der Waals surface area (Å²) in [6.45, 7) is 10.0. The Morgan fingerprint density at radius 2 is 1.69 bits per heavy atom. The Bertz CT molecular complexity index is 289. The largest absolute Gasteiger partial charge is 0.316 e. The predicted molar refractivity (Wildman–Crippen MR) is 70.5 cm³/mol. The third-order valence-electron chi connectivity index (χ3n) is 3.03. The molecule has 0 radical (unpaired) electrons. The lowest BCUT2D eigenvalue weighted by atomic mass is 9.84. The molecule has 0 aromatic heterocycles. The van der Waals surface area contributed by atoms with Gasteiger partial charge >= 0.3 is 0 Å². The number of hydrogen-bond donors (Lipinski definition) is 1. The normalized spacial score (nSPS) is 15.4. The SMILES string of the molecule is CNC(CCCS(=O)(=O)C(C)C)C(C)(C)C. The lowest BCUT2D eigenvalue weighted by Gasteiger charge is -2.30. The van der Waals surface area contributed by atoms with Gasteiger partial charge in [-0.05, 0) is 39.2 Å². The van der Waals surface area contributed by atoms with Gasteiger partial charge in [0.1, 0.15) is 0 Å². The van der Waals surface area contributed by atoms with E-state index in [1.165, 1.54) is 0 Å². The lowest BCUT2D eigenvalue weighted by Crippen LogP contribution is -2.38. The van der Waals surface area contributed by atoms with Gasteiger partial charge in [-0.15, -0.1) is 0 Å². The molecule has 0 fully saturated rings. The molecule has 0 saturated heterocycles. The first-order chi connectivity index (χ1) is 7.11. The monoisotopic (exact) mass is 249 g/mol. The van der Waals surface area contributed by atoms with Gasteiger partial charge in [0.25, 0.3) is 0 Å². The average Bonchev–Trinajstić information content (AvgIpc) is 2.10. The maximum atomic E-state index is 11.6. The van der Waals surface area contributed by atoms with E-state index in [0.717, 1.165) is 12.8 Å². The zero-order chi connectivity index (χ0) is 13.0. The first-order valence-corrected chi connectivity index (χ1v) is 7.71. The Kier molecular flexibility index (Phi) is 5.98. The molecule has 3 nitrogen and oxygen atoms in total. The van der Waals surface area contributed by atoms with Gasteiger partial charge in [-0.1, -0.05) is 20.8 Å². The van der Waals surface area contributed by atoms with Crippen molar-refractivity contribution in [3.8, 4) is 0 Å². The van der Waals surface area contributed by atoms with E-state index in [1.807, 2.05) is 7.05 Å². The molecule has 0 aromatic rings. The molecular formula is C12H27NO2S. The lowest BCUT2D eigenvalue weighted by molar-refractivity contribution is 0.266. The van der Waals surface area contributed by atoms with Gasteiger partial charge in [0.2, 0.25) is 0 Å². The standard InChI is InChI=1S/C12H27NO2S/c1-10(2)16(14,15)9-7-8-11(13-6)12(3,4)5/h10-11,13H,7-9H2,1-6H3. The second-order valence-corrected chi connectivity index (χ2v) is 8.44. The molecule has 0 amide bonds. The number of rotatable bonds is 6. The summed E-state index contributed by atoms with van der Waals surface area (Å²) in [7, 11) is -0.938. The van der Waals surface area contributed by atoms with E-state index >= 15 is 0 Å². The average molecular weight is 249 g/mol. The highest BCUT2D eigenvalue weighted by Crippen LogP contribution is 2.22. The van der Waals surface area contributed by atoms with Crippen molar-refractivity contribution in [3.63, 3.8) is 0 Å². The summed E-state index contributed by atoms with van der Waals surface area (Å²) in [6, 6.07) is 0.370. The molecule has 98 valence electrons. The van der Waals surface area contributed by atoms with E-state index in [-0.39, 0.29) is 10.7 Å². The topological polar surface area (TPSA) is 46.2 Å². The predicted octanol–water partition coefficient (Wildman–Crippen LogP) is 2.22. The first kappa shape index (κ1) is 15.9. The van der Waals surface area contributed by atoms with E-state index in [1.54, 1.807) is 13.8 Å². The summed E-state index contributed by atoms with van der Waals surface area (Å²) in [5.41, 5.74) is 0.177. The van der Waals surface area contributed by atoms with Crippen LogP contribution in [0.25, 0.3) is 0 Å². The minimum absolute atomic E-state index is 0.177. The van der Waals surface area contributed by atoms with Crippen LogP contribution >= 0.6 is 0 Å². The van der Waals surface area contributed by atoms with Crippen molar-refractivity contribution < 1.29 is 8.42 Å². The van der Waals surface area contributed by atoms with Crippen molar-refractivity contribution in [1.82, 2.24) is 5.32 Å². The van der Waals surface area contributed by atoms with Crippen LogP contribution in [0.1, 0.15) is 47.5 Å². The molecule has 0 aromatic carbocycles. The zero-order valence-electron chi connectivity index (χ0n) is 11.5. The summed E-state index contributed by atoms with van der Waals surface area (Å²) in [5.74, 6) is 0.304. The summed E-state index contributed by atoms with van der Waals surface area (Å²) in [4.78, 5) is 0. The Balaban J connectivity index is 4.17. The molecule has 4 heteroatoms. The van der Waals surface area contributed by atoms with E-state index in [0.29, 0.717) is 11.8 Å². The Labute approximate surface area is 101 Å². The molecule has 0 spiro atoms. The summed E-state index contributed by atoms with van der Waals surface area (Å²) < 4.78 is 23.3. The molecule has 0 aliphatic carbocycles. The molecule has 0 aliphatic heterocycles. The minimum Gasteiger partial charge on any atom is -0.316 e. The number of sulfone groups is 1. The van der Waals surface area contributed by atoms with Crippen LogP contribution in [0, 0.1) is 5.41 Å². The van der Waals surface area contributed by atoms with Crippen LogP contribution in [0.4, 0.5) is 0 Å². The van der Waals surface area contributed by atoms with Gasteiger partial charge in [0.05, 0.1) is 11.0 Å². The van der Waals surface area contributed by atoms with E-state index in [4.69, 9.17) is 0 Å². The third kappa shape index (κ3) is 5.30. The number of nitrogens with one attached hydrogen (secondary N) is 1. The fourth-order valence-electron chi connectivity index (χ4n) is 1.73. The van der Waals surface area contributed by atoms with Crippen LogP contribution < -0.4 is 5.32 Å². The second kappa shape index (κ2) is 6.01. The number of hydrogen-bond acceptors (Lipinski definition) is 3. The smallest absolute Gasteiger partial charge is 0.152 e. The van der Waals surface area contributed by atoms with E-state index < -0.39 is 9.84 Å². The van der Waals surface area contributed by atoms with Crippen LogP contribution in [0.15, 0.2) is 0 Å².